The summed E-state index contributed by atoms with van der Waals surface area (Å²) in [5, 5.41) is 13.7. The Bertz CT molecular complexity index is 494. The van der Waals surface area contributed by atoms with Crippen molar-refractivity contribution in [3.63, 3.8) is 0 Å². The molecule has 1 aromatic rings. The number of carbonyl (C=O) groups is 2. The molecule has 0 aliphatic carbocycles. The molecule has 2 amide bonds. The highest BCUT2D eigenvalue weighted by atomic mass is 79.9. The molecule has 0 radical (unpaired) electrons. The van der Waals surface area contributed by atoms with Gasteiger partial charge in [-0.25, -0.2) is 14.0 Å². The molecular formula is C12H14BrFN2O3. The summed E-state index contributed by atoms with van der Waals surface area (Å²) in [6, 6.07) is 2.13. The molecule has 3 N–H and O–H groups in total. The van der Waals surface area contributed by atoms with E-state index in [1.54, 1.807) is 13.8 Å². The first-order valence-electron chi connectivity index (χ1n) is 5.56. The third kappa shape index (κ3) is 4.51. The van der Waals surface area contributed by atoms with Gasteiger partial charge >= 0.3 is 12.0 Å². The maximum atomic E-state index is 12.9. The molecule has 7 heteroatoms. The number of hydrogen-bond acceptors (Lipinski definition) is 2. The molecule has 0 unspecified atom stereocenters. The fourth-order valence-corrected chi connectivity index (χ4v) is 1.85. The largest absolute Gasteiger partial charge is 0.480 e. The Balaban J connectivity index is 2.72. The number of urea groups is 1. The Labute approximate surface area is 118 Å². The predicted molar refractivity (Wildman–Crippen MR) is 72.5 cm³/mol. The summed E-state index contributed by atoms with van der Waals surface area (Å²) in [6.45, 7) is 3.37. The van der Waals surface area contributed by atoms with Crippen molar-refractivity contribution in [2.45, 2.75) is 19.9 Å². The monoisotopic (exact) mass is 332 g/mol. The van der Waals surface area contributed by atoms with Crippen LogP contribution in [0.3, 0.4) is 0 Å². The predicted octanol–water partition coefficient (Wildman–Crippen LogP) is 2.82. The Kier molecular flexibility index (Phi) is 5.29. The Morgan fingerprint density at radius 1 is 1.37 bits per heavy atom. The van der Waals surface area contributed by atoms with Crippen LogP contribution in [0.1, 0.15) is 13.8 Å². The van der Waals surface area contributed by atoms with E-state index < -0.39 is 23.9 Å². The summed E-state index contributed by atoms with van der Waals surface area (Å²) in [7, 11) is 0. The van der Waals surface area contributed by atoms with Crippen LogP contribution in [-0.4, -0.2) is 23.1 Å². The van der Waals surface area contributed by atoms with Crippen molar-refractivity contribution in [2.24, 2.45) is 5.92 Å². The van der Waals surface area contributed by atoms with Gasteiger partial charge in [0.05, 0.1) is 5.69 Å². The summed E-state index contributed by atoms with van der Waals surface area (Å²) in [4.78, 5) is 22.6. The van der Waals surface area contributed by atoms with E-state index in [1.807, 2.05) is 0 Å². The van der Waals surface area contributed by atoms with Gasteiger partial charge in [0.2, 0.25) is 0 Å². The lowest BCUT2D eigenvalue weighted by molar-refractivity contribution is -0.140. The average Bonchev–Trinajstić information content (AvgIpc) is 2.29. The molecule has 1 aromatic carbocycles. The lowest BCUT2D eigenvalue weighted by Gasteiger charge is -2.18. The number of anilines is 1. The van der Waals surface area contributed by atoms with Crippen molar-refractivity contribution in [1.29, 1.82) is 0 Å². The van der Waals surface area contributed by atoms with E-state index in [0.29, 0.717) is 10.2 Å². The molecular weight excluding hydrogens is 319 g/mol. The topological polar surface area (TPSA) is 78.4 Å². The summed E-state index contributed by atoms with van der Waals surface area (Å²) in [5.41, 5.74) is 0.354. The van der Waals surface area contributed by atoms with E-state index in [4.69, 9.17) is 5.11 Å². The van der Waals surface area contributed by atoms with Gasteiger partial charge in [-0.1, -0.05) is 13.8 Å². The first-order chi connectivity index (χ1) is 8.81. The average molecular weight is 333 g/mol. The third-order valence-corrected chi connectivity index (χ3v) is 3.05. The fraction of sp³-hybridized carbons (Fsp3) is 0.333. The molecule has 1 atom stereocenters. The van der Waals surface area contributed by atoms with Crippen LogP contribution < -0.4 is 10.6 Å². The number of halogens is 2. The molecule has 0 bridgehead atoms. The molecule has 1 rings (SSSR count). The first kappa shape index (κ1) is 15.4. The highest BCUT2D eigenvalue weighted by molar-refractivity contribution is 9.10. The van der Waals surface area contributed by atoms with Crippen LogP contribution in [0.15, 0.2) is 22.7 Å². The number of nitrogens with one attached hydrogen (secondary N) is 2. The summed E-state index contributed by atoms with van der Waals surface area (Å²) in [6.07, 6.45) is 0. The number of hydrogen-bond donors (Lipinski definition) is 3. The molecule has 0 heterocycles. The molecule has 104 valence electrons. The number of aliphatic carboxylic acids is 1. The second-order valence-corrected chi connectivity index (χ2v) is 5.14. The number of amides is 2. The molecule has 0 spiro atoms. The van der Waals surface area contributed by atoms with E-state index in [-0.39, 0.29) is 5.92 Å². The van der Waals surface area contributed by atoms with Crippen LogP contribution in [0.25, 0.3) is 0 Å². The van der Waals surface area contributed by atoms with Crippen LogP contribution in [-0.2, 0) is 4.79 Å². The number of carboxylic acid groups (broad SMARTS) is 1. The normalized spacial score (nSPS) is 12.1. The molecule has 0 aromatic heterocycles. The zero-order valence-electron chi connectivity index (χ0n) is 10.4. The maximum absolute atomic E-state index is 12.9. The van der Waals surface area contributed by atoms with Crippen LogP contribution in [0, 0.1) is 11.7 Å². The van der Waals surface area contributed by atoms with E-state index in [2.05, 4.69) is 26.6 Å². The molecule has 0 aliphatic heterocycles. The third-order valence-electron chi connectivity index (χ3n) is 2.40. The summed E-state index contributed by atoms with van der Waals surface area (Å²) in [5.74, 6) is -1.80. The minimum absolute atomic E-state index is 0.250. The van der Waals surface area contributed by atoms with E-state index in [9.17, 15) is 14.0 Å². The van der Waals surface area contributed by atoms with Crippen molar-refractivity contribution >= 4 is 33.6 Å². The van der Waals surface area contributed by atoms with Crippen LogP contribution >= 0.6 is 15.9 Å². The highest BCUT2D eigenvalue weighted by Gasteiger charge is 2.23. The van der Waals surface area contributed by atoms with Crippen molar-refractivity contribution in [3.05, 3.63) is 28.5 Å². The van der Waals surface area contributed by atoms with Gasteiger partial charge < -0.3 is 15.7 Å². The Hall–Kier alpha value is -1.63. The van der Waals surface area contributed by atoms with Gasteiger partial charge in [-0.2, -0.15) is 0 Å². The molecule has 0 aliphatic rings. The number of rotatable bonds is 4. The molecule has 0 saturated carbocycles. The molecule has 19 heavy (non-hydrogen) atoms. The van der Waals surface area contributed by atoms with Crippen molar-refractivity contribution < 1.29 is 19.1 Å². The van der Waals surface area contributed by atoms with Crippen molar-refractivity contribution in [2.75, 3.05) is 5.32 Å². The SMILES string of the molecule is CC(C)[C@@H](NC(=O)Nc1ccc(F)cc1Br)C(=O)O. The summed E-state index contributed by atoms with van der Waals surface area (Å²) < 4.78 is 13.2. The lowest BCUT2D eigenvalue weighted by atomic mass is 10.1. The van der Waals surface area contributed by atoms with Crippen molar-refractivity contribution in [1.82, 2.24) is 5.32 Å². The minimum Gasteiger partial charge on any atom is -0.480 e. The minimum atomic E-state index is -1.11. The molecule has 5 nitrogen and oxygen atoms in total. The number of carboxylic acids is 1. The summed E-state index contributed by atoms with van der Waals surface area (Å²) >= 11 is 3.10. The van der Waals surface area contributed by atoms with Gasteiger partial charge in [0.25, 0.3) is 0 Å². The van der Waals surface area contributed by atoms with Gasteiger partial charge in [-0.05, 0) is 40.0 Å². The highest BCUT2D eigenvalue weighted by Crippen LogP contribution is 2.22. The second kappa shape index (κ2) is 6.51. The van der Waals surface area contributed by atoms with Gasteiger partial charge in [0.15, 0.2) is 0 Å². The smallest absolute Gasteiger partial charge is 0.326 e. The quantitative estimate of drug-likeness (QED) is 0.793. The Morgan fingerprint density at radius 2 is 2.00 bits per heavy atom. The zero-order chi connectivity index (χ0) is 14.6. The maximum Gasteiger partial charge on any atom is 0.326 e. The van der Waals surface area contributed by atoms with Crippen molar-refractivity contribution in [3.8, 4) is 0 Å². The zero-order valence-corrected chi connectivity index (χ0v) is 12.0. The molecule has 0 saturated heterocycles. The van der Waals surface area contributed by atoms with Gasteiger partial charge in [0, 0.05) is 4.47 Å². The fourth-order valence-electron chi connectivity index (χ4n) is 1.40. The van der Waals surface area contributed by atoms with Gasteiger partial charge in [-0.3, -0.25) is 0 Å². The van der Waals surface area contributed by atoms with E-state index in [0.717, 1.165) is 0 Å². The van der Waals surface area contributed by atoms with Crippen LogP contribution in [0.5, 0.6) is 0 Å². The Morgan fingerprint density at radius 3 is 2.47 bits per heavy atom. The second-order valence-electron chi connectivity index (χ2n) is 4.28. The van der Waals surface area contributed by atoms with Gasteiger partial charge in [-0.15, -0.1) is 0 Å². The van der Waals surface area contributed by atoms with E-state index >= 15 is 0 Å². The molecule has 0 fully saturated rings. The first-order valence-corrected chi connectivity index (χ1v) is 6.36. The number of carbonyl (C=O) groups excluding carboxylic acids is 1. The lowest BCUT2D eigenvalue weighted by Crippen LogP contribution is -2.46. The van der Waals surface area contributed by atoms with Gasteiger partial charge in [0.1, 0.15) is 11.9 Å². The number of benzene rings is 1. The standard InChI is InChI=1S/C12H14BrFN2O3/c1-6(2)10(11(17)18)16-12(19)15-9-4-3-7(14)5-8(9)13/h3-6,10H,1-2H3,(H,17,18)(H2,15,16,19)/t10-/m1/s1. The van der Waals surface area contributed by atoms with E-state index in [1.165, 1.54) is 18.2 Å². The van der Waals surface area contributed by atoms with Crippen LogP contribution in [0.4, 0.5) is 14.9 Å². The van der Waals surface area contributed by atoms with Crippen LogP contribution in [0.2, 0.25) is 0 Å².